The molecule has 1 aliphatic heterocycles. The molecule has 0 fully saturated rings. The molecule has 0 radical (unpaired) electrons. The molecule has 162 valence electrons. The van der Waals surface area contributed by atoms with Gasteiger partial charge in [-0.05, 0) is 29.5 Å². The molecule has 0 bridgehead atoms. The van der Waals surface area contributed by atoms with Crippen LogP contribution in [0.1, 0.15) is 58.4 Å². The van der Waals surface area contributed by atoms with E-state index in [2.05, 4.69) is 20.8 Å². The van der Waals surface area contributed by atoms with Crippen molar-refractivity contribution in [2.75, 3.05) is 6.61 Å². The van der Waals surface area contributed by atoms with Crippen molar-refractivity contribution in [1.29, 1.82) is 0 Å². The van der Waals surface area contributed by atoms with Crippen LogP contribution in [0.15, 0.2) is 70.6 Å². The number of hydrogen-bond acceptors (Lipinski definition) is 4. The van der Waals surface area contributed by atoms with Crippen LogP contribution in [0.4, 0.5) is 0 Å². The maximum absolute atomic E-state index is 13.7. The van der Waals surface area contributed by atoms with E-state index in [1.165, 1.54) is 0 Å². The summed E-state index contributed by atoms with van der Waals surface area (Å²) < 4.78 is 33.3. The predicted octanol–water partition coefficient (Wildman–Crippen LogP) is 5.65. The van der Waals surface area contributed by atoms with Crippen LogP contribution in [-0.4, -0.2) is 32.2 Å². The van der Waals surface area contributed by atoms with Gasteiger partial charge in [0, 0.05) is 12.3 Å². The van der Waals surface area contributed by atoms with Gasteiger partial charge in [0.05, 0.1) is 16.2 Å². The number of nitrogens with zero attached hydrogens (tertiary/aromatic N) is 1. The molecular weight excluding hydrogens is 394 g/mol. The first-order chi connectivity index (χ1) is 14.2. The predicted molar refractivity (Wildman–Crippen MR) is 123 cm³/mol. The van der Waals surface area contributed by atoms with Crippen molar-refractivity contribution < 1.29 is 13.2 Å². The van der Waals surface area contributed by atoms with Gasteiger partial charge in [-0.3, -0.25) is 0 Å². The Labute approximate surface area is 181 Å². The number of ether oxygens (including phenoxy) is 1. The highest BCUT2D eigenvalue weighted by atomic mass is 32.2. The second-order valence-corrected chi connectivity index (χ2v) is 11.3. The SMILES string of the molecule is CCC[C@@H]([C@H](CC1=N[C@@H](C(C)(C)C)CO1)c1ccccc1)S(=O)(=O)c1ccccc1. The Kier molecular flexibility index (Phi) is 7.02. The molecule has 0 unspecified atom stereocenters. The molecule has 2 aromatic carbocycles. The summed E-state index contributed by atoms with van der Waals surface area (Å²) in [5.41, 5.74) is 1.03. The molecule has 1 aliphatic rings. The van der Waals surface area contributed by atoms with E-state index in [0.29, 0.717) is 30.2 Å². The van der Waals surface area contributed by atoms with Crippen molar-refractivity contribution in [1.82, 2.24) is 0 Å². The molecule has 30 heavy (non-hydrogen) atoms. The Bertz CT molecular complexity index is 947. The fourth-order valence-corrected chi connectivity index (χ4v) is 6.09. The Morgan fingerprint density at radius 3 is 2.17 bits per heavy atom. The summed E-state index contributed by atoms with van der Waals surface area (Å²) in [5.74, 6) is 0.460. The molecule has 3 atom stereocenters. The molecule has 0 amide bonds. The Balaban J connectivity index is 2.00. The molecule has 1 heterocycles. The molecule has 2 aromatic rings. The minimum absolute atomic E-state index is 0.0168. The fraction of sp³-hybridized carbons (Fsp3) is 0.480. The van der Waals surface area contributed by atoms with Gasteiger partial charge in [0.25, 0.3) is 0 Å². The monoisotopic (exact) mass is 427 g/mol. The number of rotatable bonds is 8. The van der Waals surface area contributed by atoms with Gasteiger partial charge in [0.15, 0.2) is 15.7 Å². The average Bonchev–Trinajstić information content (AvgIpc) is 3.21. The van der Waals surface area contributed by atoms with E-state index in [9.17, 15) is 8.42 Å². The van der Waals surface area contributed by atoms with Gasteiger partial charge < -0.3 is 4.74 Å². The van der Waals surface area contributed by atoms with Crippen LogP contribution in [0, 0.1) is 5.41 Å². The summed E-state index contributed by atoms with van der Waals surface area (Å²) >= 11 is 0. The summed E-state index contributed by atoms with van der Waals surface area (Å²) in [6.07, 6.45) is 1.87. The van der Waals surface area contributed by atoms with Crippen molar-refractivity contribution >= 4 is 15.7 Å². The van der Waals surface area contributed by atoms with Crippen LogP contribution in [0.3, 0.4) is 0 Å². The summed E-state index contributed by atoms with van der Waals surface area (Å²) in [7, 11) is -3.50. The summed E-state index contributed by atoms with van der Waals surface area (Å²) in [6.45, 7) is 9.06. The van der Waals surface area contributed by atoms with Gasteiger partial charge in [-0.1, -0.05) is 82.6 Å². The van der Waals surface area contributed by atoms with E-state index in [1.807, 2.05) is 43.3 Å². The lowest BCUT2D eigenvalue weighted by Gasteiger charge is -2.27. The molecule has 0 spiro atoms. The van der Waals surface area contributed by atoms with E-state index in [-0.39, 0.29) is 17.4 Å². The molecule has 0 saturated carbocycles. The van der Waals surface area contributed by atoms with Crippen molar-refractivity contribution in [2.24, 2.45) is 10.4 Å². The van der Waals surface area contributed by atoms with Crippen molar-refractivity contribution in [3.05, 3.63) is 66.2 Å². The van der Waals surface area contributed by atoms with Crippen LogP contribution < -0.4 is 0 Å². The largest absolute Gasteiger partial charge is 0.479 e. The fourth-order valence-electron chi connectivity index (χ4n) is 3.97. The van der Waals surface area contributed by atoms with Gasteiger partial charge in [-0.2, -0.15) is 0 Å². The number of aliphatic imine (C=N–C) groups is 1. The van der Waals surface area contributed by atoms with Gasteiger partial charge in [-0.25, -0.2) is 13.4 Å². The van der Waals surface area contributed by atoms with Crippen LogP contribution in [0.25, 0.3) is 0 Å². The smallest absolute Gasteiger partial charge is 0.184 e. The lowest BCUT2D eigenvalue weighted by atomic mass is 9.88. The highest BCUT2D eigenvalue weighted by Gasteiger charge is 2.38. The van der Waals surface area contributed by atoms with Gasteiger partial charge >= 0.3 is 0 Å². The quantitative estimate of drug-likeness (QED) is 0.547. The molecule has 5 heteroatoms. The molecule has 0 aliphatic carbocycles. The van der Waals surface area contributed by atoms with Crippen LogP contribution >= 0.6 is 0 Å². The summed E-state index contributed by atoms with van der Waals surface area (Å²) in [4.78, 5) is 5.20. The lowest BCUT2D eigenvalue weighted by molar-refractivity contribution is 0.232. The lowest BCUT2D eigenvalue weighted by Crippen LogP contribution is -2.30. The third-order valence-electron chi connectivity index (χ3n) is 5.82. The molecule has 0 N–H and O–H groups in total. The minimum atomic E-state index is -3.50. The Hall–Kier alpha value is -2.14. The van der Waals surface area contributed by atoms with Crippen molar-refractivity contribution in [3.8, 4) is 0 Å². The summed E-state index contributed by atoms with van der Waals surface area (Å²) in [5, 5.41) is -0.535. The van der Waals surface area contributed by atoms with Crippen molar-refractivity contribution in [2.45, 2.75) is 69.1 Å². The minimum Gasteiger partial charge on any atom is -0.479 e. The van der Waals surface area contributed by atoms with E-state index < -0.39 is 15.1 Å². The van der Waals surface area contributed by atoms with Gasteiger partial charge in [0.2, 0.25) is 0 Å². The van der Waals surface area contributed by atoms with Gasteiger partial charge in [0.1, 0.15) is 6.61 Å². The highest BCUT2D eigenvalue weighted by molar-refractivity contribution is 7.92. The Morgan fingerprint density at radius 1 is 1.03 bits per heavy atom. The zero-order valence-corrected chi connectivity index (χ0v) is 19.2. The Morgan fingerprint density at radius 2 is 1.63 bits per heavy atom. The molecule has 0 saturated heterocycles. The van der Waals surface area contributed by atoms with Crippen LogP contribution in [0.2, 0.25) is 0 Å². The van der Waals surface area contributed by atoms with Crippen LogP contribution in [0.5, 0.6) is 0 Å². The first-order valence-corrected chi connectivity index (χ1v) is 12.3. The van der Waals surface area contributed by atoms with Crippen LogP contribution in [-0.2, 0) is 14.6 Å². The number of benzene rings is 2. The zero-order chi connectivity index (χ0) is 21.8. The average molecular weight is 428 g/mol. The third-order valence-corrected chi connectivity index (χ3v) is 8.11. The standard InChI is InChI=1S/C25H33NO3S/c1-5-12-22(30(27,28)20-15-10-7-11-16-20)21(19-13-8-6-9-14-19)17-24-26-23(18-29-24)25(2,3)4/h6-11,13-16,21-23H,5,12,17-18H2,1-4H3/t21-,22+,23-/m1/s1. The van der Waals surface area contributed by atoms with E-state index in [0.717, 1.165) is 12.0 Å². The second-order valence-electron chi connectivity index (χ2n) is 9.12. The molecule has 4 nitrogen and oxygen atoms in total. The first-order valence-electron chi connectivity index (χ1n) is 10.8. The first kappa shape index (κ1) is 22.5. The summed E-state index contributed by atoms with van der Waals surface area (Å²) in [6, 6.07) is 18.8. The van der Waals surface area contributed by atoms with Crippen molar-refractivity contribution in [3.63, 3.8) is 0 Å². The third kappa shape index (κ3) is 5.12. The van der Waals surface area contributed by atoms with E-state index in [4.69, 9.17) is 9.73 Å². The number of hydrogen-bond donors (Lipinski definition) is 0. The highest BCUT2D eigenvalue weighted by Crippen LogP contribution is 2.36. The molecule has 0 aromatic heterocycles. The number of sulfone groups is 1. The maximum Gasteiger partial charge on any atom is 0.184 e. The van der Waals surface area contributed by atoms with E-state index >= 15 is 0 Å². The molecular formula is C25H33NO3S. The second kappa shape index (κ2) is 9.34. The maximum atomic E-state index is 13.7. The normalized spacial score (nSPS) is 19.1. The zero-order valence-electron chi connectivity index (χ0n) is 18.4. The topological polar surface area (TPSA) is 55.7 Å². The van der Waals surface area contributed by atoms with Gasteiger partial charge in [-0.15, -0.1) is 0 Å². The van der Waals surface area contributed by atoms with E-state index in [1.54, 1.807) is 24.3 Å². The molecule has 3 rings (SSSR count).